The highest BCUT2D eigenvalue weighted by atomic mass is 79.9. The second-order valence-electron chi connectivity index (χ2n) is 4.68. The molecule has 0 fully saturated rings. The van der Waals surface area contributed by atoms with Gasteiger partial charge in [0.15, 0.2) is 0 Å². The van der Waals surface area contributed by atoms with Gasteiger partial charge < -0.3 is 5.11 Å². The molecular weight excluding hydrogens is 324 g/mol. The first-order chi connectivity index (χ1) is 9.40. The molecule has 5 nitrogen and oxygen atoms in total. The van der Waals surface area contributed by atoms with Crippen molar-refractivity contribution in [1.29, 1.82) is 0 Å². The first kappa shape index (κ1) is 14.6. The Morgan fingerprint density at radius 1 is 1.40 bits per heavy atom. The number of aromatic amines is 1. The van der Waals surface area contributed by atoms with Crippen LogP contribution < -0.4 is 5.56 Å². The molecule has 1 aromatic carbocycles. The summed E-state index contributed by atoms with van der Waals surface area (Å²) in [5.74, 6) is -0.906. The largest absolute Gasteiger partial charge is 0.481 e. The second-order valence-corrected chi connectivity index (χ2v) is 5.60. The molecule has 0 aliphatic rings. The van der Waals surface area contributed by atoms with Crippen LogP contribution in [0.5, 0.6) is 0 Å². The molecule has 0 amide bonds. The van der Waals surface area contributed by atoms with Crippen LogP contribution in [-0.2, 0) is 11.2 Å². The SMILES string of the molecule is Cc1cc(Br)ccc1-n1[nH]c(C)c(CCC(=O)O)c1=O. The van der Waals surface area contributed by atoms with Crippen LogP contribution in [-0.4, -0.2) is 20.9 Å². The van der Waals surface area contributed by atoms with Crippen LogP contribution in [0.2, 0.25) is 0 Å². The van der Waals surface area contributed by atoms with E-state index in [-0.39, 0.29) is 18.4 Å². The Morgan fingerprint density at radius 2 is 2.10 bits per heavy atom. The van der Waals surface area contributed by atoms with E-state index in [9.17, 15) is 9.59 Å². The molecule has 0 aliphatic heterocycles. The number of carboxylic acids is 1. The Balaban J connectivity index is 2.46. The Labute approximate surface area is 124 Å². The molecule has 2 aromatic rings. The molecular formula is C14H15BrN2O3. The summed E-state index contributed by atoms with van der Waals surface area (Å²) in [4.78, 5) is 23.0. The summed E-state index contributed by atoms with van der Waals surface area (Å²) in [5, 5.41) is 11.7. The van der Waals surface area contributed by atoms with Gasteiger partial charge in [0.1, 0.15) is 0 Å². The van der Waals surface area contributed by atoms with E-state index in [2.05, 4.69) is 21.0 Å². The number of halogens is 1. The van der Waals surface area contributed by atoms with Gasteiger partial charge in [-0.05, 0) is 44.0 Å². The van der Waals surface area contributed by atoms with Crippen molar-refractivity contribution in [3.63, 3.8) is 0 Å². The standard InChI is InChI=1S/C14H15BrN2O3/c1-8-7-10(15)3-5-12(8)17-14(20)11(9(2)16-17)4-6-13(18)19/h3,5,7,16H,4,6H2,1-2H3,(H,18,19). The van der Waals surface area contributed by atoms with Crippen molar-refractivity contribution in [2.75, 3.05) is 0 Å². The van der Waals surface area contributed by atoms with Gasteiger partial charge in [-0.3, -0.25) is 14.7 Å². The van der Waals surface area contributed by atoms with E-state index in [4.69, 9.17) is 5.11 Å². The van der Waals surface area contributed by atoms with Gasteiger partial charge in [-0.25, -0.2) is 4.68 Å². The minimum atomic E-state index is -0.906. The number of carboxylic acid groups (broad SMARTS) is 1. The smallest absolute Gasteiger partial charge is 0.303 e. The Morgan fingerprint density at radius 3 is 2.70 bits per heavy atom. The number of nitrogens with zero attached hydrogens (tertiary/aromatic N) is 1. The molecule has 2 N–H and O–H groups in total. The number of benzene rings is 1. The number of carbonyl (C=O) groups is 1. The zero-order chi connectivity index (χ0) is 14.9. The Hall–Kier alpha value is -1.82. The first-order valence-electron chi connectivity index (χ1n) is 6.19. The van der Waals surface area contributed by atoms with Gasteiger partial charge in [-0.2, -0.15) is 0 Å². The molecule has 0 saturated heterocycles. The van der Waals surface area contributed by atoms with E-state index in [1.165, 1.54) is 4.68 Å². The molecule has 20 heavy (non-hydrogen) atoms. The maximum Gasteiger partial charge on any atom is 0.303 e. The number of rotatable bonds is 4. The summed E-state index contributed by atoms with van der Waals surface area (Å²) in [7, 11) is 0. The van der Waals surface area contributed by atoms with E-state index in [0.717, 1.165) is 15.7 Å². The third-order valence-corrected chi connectivity index (χ3v) is 3.68. The molecule has 0 spiro atoms. The molecule has 1 aromatic heterocycles. The number of H-pyrrole nitrogens is 1. The van der Waals surface area contributed by atoms with Gasteiger partial charge in [0.25, 0.3) is 5.56 Å². The van der Waals surface area contributed by atoms with Crippen LogP contribution >= 0.6 is 15.9 Å². The third-order valence-electron chi connectivity index (χ3n) is 3.18. The third kappa shape index (κ3) is 2.85. The van der Waals surface area contributed by atoms with Gasteiger partial charge in [0.05, 0.1) is 5.69 Å². The monoisotopic (exact) mass is 338 g/mol. The Kier molecular flexibility index (Phi) is 4.13. The minimum absolute atomic E-state index is 0.0484. The summed E-state index contributed by atoms with van der Waals surface area (Å²) in [6.07, 6.45) is 0.187. The lowest BCUT2D eigenvalue weighted by Crippen LogP contribution is -2.18. The topological polar surface area (TPSA) is 75.1 Å². The van der Waals surface area contributed by atoms with Crippen LogP contribution in [0.4, 0.5) is 0 Å². The van der Waals surface area contributed by atoms with Gasteiger partial charge in [-0.1, -0.05) is 15.9 Å². The molecule has 2 rings (SSSR count). The maximum absolute atomic E-state index is 12.4. The van der Waals surface area contributed by atoms with Gasteiger partial charge in [-0.15, -0.1) is 0 Å². The summed E-state index contributed by atoms with van der Waals surface area (Å²) in [6, 6.07) is 5.63. The maximum atomic E-state index is 12.4. The zero-order valence-electron chi connectivity index (χ0n) is 11.2. The van der Waals surface area contributed by atoms with Gasteiger partial charge in [0, 0.05) is 22.2 Å². The predicted octanol–water partition coefficient (Wildman–Crippen LogP) is 2.56. The van der Waals surface area contributed by atoms with E-state index in [1.807, 2.05) is 25.1 Å². The molecule has 0 unspecified atom stereocenters. The van der Waals surface area contributed by atoms with Crippen LogP contribution in [0, 0.1) is 13.8 Å². The lowest BCUT2D eigenvalue weighted by atomic mass is 10.1. The fourth-order valence-corrected chi connectivity index (χ4v) is 2.62. The predicted molar refractivity (Wildman–Crippen MR) is 79.5 cm³/mol. The van der Waals surface area contributed by atoms with Crippen molar-refractivity contribution in [3.05, 3.63) is 49.8 Å². The summed E-state index contributed by atoms with van der Waals surface area (Å²) >= 11 is 3.38. The van der Waals surface area contributed by atoms with Crippen molar-refractivity contribution >= 4 is 21.9 Å². The number of aliphatic carboxylic acids is 1. The molecule has 0 radical (unpaired) electrons. The second kappa shape index (κ2) is 5.66. The van der Waals surface area contributed by atoms with Crippen molar-refractivity contribution in [2.45, 2.75) is 26.7 Å². The zero-order valence-corrected chi connectivity index (χ0v) is 12.8. The van der Waals surface area contributed by atoms with E-state index < -0.39 is 5.97 Å². The number of nitrogens with one attached hydrogen (secondary N) is 1. The average Bonchev–Trinajstić information content (AvgIpc) is 2.62. The highest BCUT2D eigenvalue weighted by Crippen LogP contribution is 2.18. The Bertz CT molecular complexity index is 716. The molecule has 6 heteroatoms. The molecule has 0 saturated carbocycles. The van der Waals surface area contributed by atoms with E-state index in [1.54, 1.807) is 6.92 Å². The highest BCUT2D eigenvalue weighted by Gasteiger charge is 2.14. The number of aryl methyl sites for hydroxylation is 2. The lowest BCUT2D eigenvalue weighted by molar-refractivity contribution is -0.136. The van der Waals surface area contributed by atoms with Crippen LogP contribution in [0.15, 0.2) is 27.5 Å². The van der Waals surface area contributed by atoms with Gasteiger partial charge >= 0.3 is 5.97 Å². The normalized spacial score (nSPS) is 10.8. The molecule has 0 aliphatic carbocycles. The summed E-state index contributed by atoms with van der Waals surface area (Å²) in [5.41, 5.74) is 2.76. The quantitative estimate of drug-likeness (QED) is 0.899. The van der Waals surface area contributed by atoms with Crippen LogP contribution in [0.1, 0.15) is 23.2 Å². The van der Waals surface area contributed by atoms with Crippen LogP contribution in [0.25, 0.3) is 5.69 Å². The van der Waals surface area contributed by atoms with E-state index >= 15 is 0 Å². The van der Waals surface area contributed by atoms with Crippen molar-refractivity contribution < 1.29 is 9.90 Å². The summed E-state index contributed by atoms with van der Waals surface area (Å²) in [6.45, 7) is 3.70. The highest BCUT2D eigenvalue weighted by molar-refractivity contribution is 9.10. The molecule has 0 bridgehead atoms. The number of hydrogen-bond acceptors (Lipinski definition) is 2. The van der Waals surface area contributed by atoms with Crippen molar-refractivity contribution in [1.82, 2.24) is 9.78 Å². The van der Waals surface area contributed by atoms with Gasteiger partial charge in [0.2, 0.25) is 0 Å². The van der Waals surface area contributed by atoms with Crippen molar-refractivity contribution in [3.8, 4) is 5.69 Å². The molecule has 1 heterocycles. The van der Waals surface area contributed by atoms with Crippen LogP contribution in [0.3, 0.4) is 0 Å². The van der Waals surface area contributed by atoms with E-state index in [0.29, 0.717) is 11.3 Å². The minimum Gasteiger partial charge on any atom is -0.481 e. The number of aromatic nitrogens is 2. The lowest BCUT2D eigenvalue weighted by Gasteiger charge is -2.06. The fourth-order valence-electron chi connectivity index (χ4n) is 2.15. The number of hydrogen-bond donors (Lipinski definition) is 2. The molecule has 0 atom stereocenters. The summed E-state index contributed by atoms with van der Waals surface area (Å²) < 4.78 is 2.41. The fraction of sp³-hybridized carbons (Fsp3) is 0.286. The first-order valence-corrected chi connectivity index (χ1v) is 6.98. The molecule has 106 valence electrons. The van der Waals surface area contributed by atoms with Crippen molar-refractivity contribution in [2.24, 2.45) is 0 Å². The average molecular weight is 339 g/mol.